The van der Waals surface area contributed by atoms with Crippen molar-refractivity contribution < 1.29 is 23.6 Å². The minimum absolute atomic E-state index is 0.0753. The van der Waals surface area contributed by atoms with Gasteiger partial charge in [-0.2, -0.15) is 0 Å². The van der Waals surface area contributed by atoms with Gasteiger partial charge in [0.2, 0.25) is 23.6 Å². The van der Waals surface area contributed by atoms with Crippen LogP contribution < -0.4 is 0 Å². The monoisotopic (exact) mass is 387 g/mol. The zero-order chi connectivity index (χ0) is 19.8. The van der Waals surface area contributed by atoms with Gasteiger partial charge < -0.3 is 9.80 Å². The molecular formula is C20H22FN3O4. The minimum atomic E-state index is -0.298. The van der Waals surface area contributed by atoms with Gasteiger partial charge >= 0.3 is 0 Å². The van der Waals surface area contributed by atoms with Crippen LogP contribution in [0, 0.1) is 11.7 Å². The Bertz CT molecular complexity index is 801. The maximum Gasteiger partial charge on any atom is 0.242 e. The first-order chi connectivity index (χ1) is 13.4. The Kier molecular flexibility index (Phi) is 4.87. The first-order valence-corrected chi connectivity index (χ1v) is 9.59. The van der Waals surface area contributed by atoms with E-state index in [1.165, 1.54) is 12.1 Å². The molecule has 1 aliphatic carbocycles. The second-order valence-corrected chi connectivity index (χ2v) is 7.58. The van der Waals surface area contributed by atoms with E-state index in [2.05, 4.69) is 0 Å². The third-order valence-corrected chi connectivity index (χ3v) is 5.80. The smallest absolute Gasteiger partial charge is 0.242 e. The van der Waals surface area contributed by atoms with Crippen LogP contribution in [0.3, 0.4) is 0 Å². The fraction of sp³-hybridized carbons (Fsp3) is 0.500. The number of rotatable bonds is 4. The van der Waals surface area contributed by atoms with Crippen molar-refractivity contribution in [2.75, 3.05) is 32.7 Å². The Morgan fingerprint density at radius 3 is 2.11 bits per heavy atom. The summed E-state index contributed by atoms with van der Waals surface area (Å²) in [7, 11) is 0. The number of piperazine rings is 1. The van der Waals surface area contributed by atoms with Crippen LogP contribution in [0.5, 0.6) is 0 Å². The van der Waals surface area contributed by atoms with Crippen LogP contribution in [0.4, 0.5) is 4.39 Å². The van der Waals surface area contributed by atoms with E-state index in [1.807, 2.05) is 0 Å². The molecule has 2 heterocycles. The van der Waals surface area contributed by atoms with E-state index in [-0.39, 0.29) is 60.7 Å². The Labute approximate surface area is 162 Å². The second-order valence-electron chi connectivity index (χ2n) is 7.58. The average molecular weight is 387 g/mol. The number of carbonyl (C=O) groups is 4. The number of hydrogen-bond donors (Lipinski definition) is 0. The molecule has 4 amide bonds. The average Bonchev–Trinajstić information content (AvgIpc) is 3.44. The molecule has 0 bridgehead atoms. The quantitative estimate of drug-likeness (QED) is 0.715. The van der Waals surface area contributed by atoms with Crippen molar-refractivity contribution >= 4 is 23.6 Å². The van der Waals surface area contributed by atoms with Gasteiger partial charge in [-0.25, -0.2) is 4.39 Å². The lowest BCUT2D eigenvalue weighted by Gasteiger charge is -2.35. The lowest BCUT2D eigenvalue weighted by molar-refractivity contribution is -0.147. The molecule has 2 saturated heterocycles. The summed E-state index contributed by atoms with van der Waals surface area (Å²) in [6, 6.07) is 6.28. The molecule has 2 aliphatic heterocycles. The highest BCUT2D eigenvalue weighted by Crippen LogP contribution is 2.48. The zero-order valence-corrected chi connectivity index (χ0v) is 15.5. The molecule has 0 radical (unpaired) electrons. The lowest BCUT2D eigenvalue weighted by Crippen LogP contribution is -2.53. The summed E-state index contributed by atoms with van der Waals surface area (Å²) in [5, 5.41) is 0. The molecule has 1 aromatic carbocycles. The number of nitrogens with zero attached hydrogens (tertiary/aromatic N) is 3. The van der Waals surface area contributed by atoms with Gasteiger partial charge in [0.1, 0.15) is 12.4 Å². The van der Waals surface area contributed by atoms with Gasteiger partial charge in [-0.1, -0.05) is 12.1 Å². The van der Waals surface area contributed by atoms with Gasteiger partial charge in [-0.15, -0.1) is 0 Å². The molecule has 3 fully saturated rings. The molecule has 1 saturated carbocycles. The predicted octanol–water partition coefficient (Wildman–Crippen LogP) is 0.749. The molecule has 2 atom stereocenters. The number of amides is 4. The summed E-state index contributed by atoms with van der Waals surface area (Å²) in [6.45, 7) is 1.47. The lowest BCUT2D eigenvalue weighted by atomic mass is 10.1. The first kappa shape index (κ1) is 18.6. The number of likely N-dealkylation sites (tertiary alicyclic amines) is 1. The number of benzene rings is 1. The van der Waals surface area contributed by atoms with Crippen molar-refractivity contribution in [3.8, 4) is 0 Å². The van der Waals surface area contributed by atoms with Crippen molar-refractivity contribution in [1.82, 2.24) is 14.7 Å². The van der Waals surface area contributed by atoms with Gasteiger partial charge in [0.05, 0.1) is 0 Å². The molecule has 0 aromatic heterocycles. The maximum atomic E-state index is 13.0. The largest absolute Gasteiger partial charge is 0.339 e. The fourth-order valence-electron chi connectivity index (χ4n) is 3.99. The maximum absolute atomic E-state index is 13.0. The molecule has 148 valence electrons. The molecule has 2 unspecified atom stereocenters. The van der Waals surface area contributed by atoms with E-state index < -0.39 is 0 Å². The highest BCUT2D eigenvalue weighted by Gasteiger charge is 2.46. The third-order valence-electron chi connectivity index (χ3n) is 5.80. The summed E-state index contributed by atoms with van der Waals surface area (Å²) in [4.78, 5) is 52.8. The molecule has 8 heteroatoms. The van der Waals surface area contributed by atoms with Crippen LogP contribution in [-0.4, -0.2) is 71.1 Å². The normalized spacial score (nSPS) is 24.7. The van der Waals surface area contributed by atoms with Crippen molar-refractivity contribution in [2.45, 2.75) is 25.2 Å². The van der Waals surface area contributed by atoms with E-state index in [4.69, 9.17) is 0 Å². The van der Waals surface area contributed by atoms with Crippen molar-refractivity contribution in [1.29, 1.82) is 0 Å². The topological polar surface area (TPSA) is 78.0 Å². The van der Waals surface area contributed by atoms with E-state index in [1.54, 1.807) is 21.9 Å². The Hall–Kier alpha value is -2.77. The molecule has 28 heavy (non-hydrogen) atoms. The van der Waals surface area contributed by atoms with E-state index in [0.29, 0.717) is 26.2 Å². The molecule has 3 aliphatic rings. The SMILES string of the molecule is O=C(CN1C(=O)CCC1=O)N1CCN(C(=O)C2CC2c2ccc(F)cc2)CC1. The predicted molar refractivity (Wildman–Crippen MR) is 96.4 cm³/mol. The summed E-state index contributed by atoms with van der Waals surface area (Å²) in [5.41, 5.74) is 0.980. The van der Waals surface area contributed by atoms with Gasteiger partial charge in [0.25, 0.3) is 0 Å². The van der Waals surface area contributed by atoms with Crippen LogP contribution in [0.1, 0.15) is 30.7 Å². The third kappa shape index (κ3) is 3.63. The molecular weight excluding hydrogens is 365 g/mol. The Morgan fingerprint density at radius 1 is 0.929 bits per heavy atom. The number of imide groups is 1. The van der Waals surface area contributed by atoms with Crippen molar-refractivity contribution in [3.05, 3.63) is 35.6 Å². The Morgan fingerprint density at radius 2 is 1.50 bits per heavy atom. The summed E-state index contributed by atoms with van der Waals surface area (Å²) >= 11 is 0. The highest BCUT2D eigenvalue weighted by molar-refractivity contribution is 6.04. The standard InChI is InChI=1S/C20H22FN3O4/c21-14-3-1-13(2-4-14)15-11-16(15)20(28)23-9-7-22(8-10-23)19(27)12-24-17(25)5-6-18(24)26/h1-4,15-16H,5-12H2. The minimum Gasteiger partial charge on any atom is -0.339 e. The van der Waals surface area contributed by atoms with Gasteiger partial charge in [-0.3, -0.25) is 24.1 Å². The molecule has 1 aromatic rings. The second kappa shape index (κ2) is 7.33. The van der Waals surface area contributed by atoms with Crippen LogP contribution in [0.25, 0.3) is 0 Å². The molecule has 0 spiro atoms. The van der Waals surface area contributed by atoms with Gasteiger partial charge in [0, 0.05) is 44.9 Å². The fourth-order valence-corrected chi connectivity index (χ4v) is 3.99. The zero-order valence-electron chi connectivity index (χ0n) is 15.5. The molecule has 7 nitrogen and oxygen atoms in total. The van der Waals surface area contributed by atoms with Crippen LogP contribution >= 0.6 is 0 Å². The van der Waals surface area contributed by atoms with Gasteiger partial charge in [-0.05, 0) is 30.0 Å². The Balaban J connectivity index is 1.27. The van der Waals surface area contributed by atoms with Crippen molar-refractivity contribution in [3.63, 3.8) is 0 Å². The van der Waals surface area contributed by atoms with E-state index in [9.17, 15) is 23.6 Å². The summed E-state index contributed by atoms with van der Waals surface area (Å²) < 4.78 is 13.0. The van der Waals surface area contributed by atoms with Crippen LogP contribution in [0.15, 0.2) is 24.3 Å². The summed E-state index contributed by atoms with van der Waals surface area (Å²) in [5.74, 6) is -1.00. The van der Waals surface area contributed by atoms with Crippen molar-refractivity contribution in [2.24, 2.45) is 5.92 Å². The highest BCUT2D eigenvalue weighted by atomic mass is 19.1. The number of hydrogen-bond acceptors (Lipinski definition) is 4. The van der Waals surface area contributed by atoms with Crippen LogP contribution in [-0.2, 0) is 19.2 Å². The summed E-state index contributed by atoms with van der Waals surface area (Å²) in [6.07, 6.45) is 1.11. The number of halogens is 1. The first-order valence-electron chi connectivity index (χ1n) is 9.59. The van der Waals surface area contributed by atoms with E-state index in [0.717, 1.165) is 16.9 Å². The number of carbonyl (C=O) groups excluding carboxylic acids is 4. The van der Waals surface area contributed by atoms with Gasteiger partial charge in [0.15, 0.2) is 0 Å². The van der Waals surface area contributed by atoms with Crippen LogP contribution in [0.2, 0.25) is 0 Å². The molecule has 4 rings (SSSR count). The molecule has 0 N–H and O–H groups in total. The van der Waals surface area contributed by atoms with E-state index >= 15 is 0 Å².